The molecule has 1 aromatic rings. The van der Waals surface area contributed by atoms with Crippen molar-refractivity contribution in [3.05, 3.63) is 29.8 Å². The third-order valence-corrected chi connectivity index (χ3v) is 4.77. The van der Waals surface area contributed by atoms with Crippen molar-refractivity contribution in [3.63, 3.8) is 0 Å². The summed E-state index contributed by atoms with van der Waals surface area (Å²) in [5.41, 5.74) is -1.05. The van der Waals surface area contributed by atoms with Gasteiger partial charge in [-0.3, -0.25) is 0 Å². The minimum absolute atomic E-state index is 0.0718. The van der Waals surface area contributed by atoms with Crippen molar-refractivity contribution in [2.45, 2.75) is 17.4 Å². The normalized spacial score (nSPS) is 14.6. The Morgan fingerprint density at radius 1 is 1.47 bits per heavy atom. The molecular formula is C12H16N2O3S2. The van der Waals surface area contributed by atoms with Crippen LogP contribution in [-0.2, 0) is 10.0 Å². The van der Waals surface area contributed by atoms with Gasteiger partial charge < -0.3 is 5.11 Å². The monoisotopic (exact) mass is 300 g/mol. The van der Waals surface area contributed by atoms with E-state index in [0.29, 0.717) is 5.75 Å². The summed E-state index contributed by atoms with van der Waals surface area (Å²) in [4.78, 5) is -0.0718. The molecule has 0 amide bonds. The number of aliphatic hydroxyl groups is 1. The molecule has 5 nitrogen and oxygen atoms in total. The Labute approximate surface area is 117 Å². The summed E-state index contributed by atoms with van der Waals surface area (Å²) in [6.45, 7) is 1.46. The zero-order valence-corrected chi connectivity index (χ0v) is 12.4. The molecule has 0 aliphatic carbocycles. The summed E-state index contributed by atoms with van der Waals surface area (Å²) in [6, 6.07) is 7.79. The van der Waals surface area contributed by atoms with Gasteiger partial charge in [0.1, 0.15) is 6.07 Å². The van der Waals surface area contributed by atoms with Gasteiger partial charge in [0.05, 0.1) is 16.1 Å². The summed E-state index contributed by atoms with van der Waals surface area (Å²) in [5, 5.41) is 18.8. The van der Waals surface area contributed by atoms with Crippen molar-refractivity contribution in [1.82, 2.24) is 4.72 Å². The highest BCUT2D eigenvalue weighted by Gasteiger charge is 2.25. The molecule has 19 heavy (non-hydrogen) atoms. The molecule has 2 N–H and O–H groups in total. The molecular weight excluding hydrogens is 284 g/mol. The Kier molecular flexibility index (Phi) is 5.38. The summed E-state index contributed by atoms with van der Waals surface area (Å²) in [7, 11) is -3.80. The van der Waals surface area contributed by atoms with E-state index >= 15 is 0 Å². The lowest BCUT2D eigenvalue weighted by Crippen LogP contribution is -2.42. The van der Waals surface area contributed by atoms with Crippen molar-refractivity contribution < 1.29 is 13.5 Å². The van der Waals surface area contributed by atoms with E-state index in [4.69, 9.17) is 5.26 Å². The third kappa shape index (κ3) is 4.51. The van der Waals surface area contributed by atoms with Crippen LogP contribution in [-0.4, -0.2) is 37.7 Å². The van der Waals surface area contributed by atoms with E-state index < -0.39 is 15.6 Å². The summed E-state index contributed by atoms with van der Waals surface area (Å²) in [5.74, 6) is 0.412. The molecule has 0 radical (unpaired) electrons. The van der Waals surface area contributed by atoms with Gasteiger partial charge in [-0.25, -0.2) is 13.1 Å². The van der Waals surface area contributed by atoms with Gasteiger partial charge in [0.2, 0.25) is 10.0 Å². The minimum atomic E-state index is -3.80. The third-order valence-electron chi connectivity index (χ3n) is 2.40. The zero-order chi connectivity index (χ0) is 14.5. The molecule has 0 aromatic heterocycles. The summed E-state index contributed by atoms with van der Waals surface area (Å²) >= 11 is 1.43. The second-order valence-corrected chi connectivity index (χ2v) is 6.96. The fourth-order valence-electron chi connectivity index (χ4n) is 1.48. The first kappa shape index (κ1) is 16.0. The number of nitrogens with zero attached hydrogens (tertiary/aromatic N) is 1. The SMILES string of the molecule is CSCC(C)(O)CNS(=O)(=O)c1ccccc1C#N. The molecule has 1 unspecified atom stereocenters. The lowest BCUT2D eigenvalue weighted by Gasteiger charge is -2.22. The van der Waals surface area contributed by atoms with Crippen molar-refractivity contribution in [2.24, 2.45) is 0 Å². The van der Waals surface area contributed by atoms with Crippen LogP contribution in [0.15, 0.2) is 29.2 Å². The van der Waals surface area contributed by atoms with Crippen LogP contribution in [0.25, 0.3) is 0 Å². The second-order valence-electron chi connectivity index (χ2n) is 4.36. The topological polar surface area (TPSA) is 90.2 Å². The van der Waals surface area contributed by atoms with Crippen LogP contribution in [0.2, 0.25) is 0 Å². The largest absolute Gasteiger partial charge is 0.388 e. The lowest BCUT2D eigenvalue weighted by molar-refractivity contribution is 0.0908. The first-order valence-electron chi connectivity index (χ1n) is 5.52. The number of hydrogen-bond acceptors (Lipinski definition) is 5. The number of nitriles is 1. The van der Waals surface area contributed by atoms with E-state index in [1.807, 2.05) is 12.3 Å². The highest BCUT2D eigenvalue weighted by molar-refractivity contribution is 7.98. The van der Waals surface area contributed by atoms with Gasteiger partial charge in [0.15, 0.2) is 0 Å². The van der Waals surface area contributed by atoms with Crippen LogP contribution >= 0.6 is 11.8 Å². The molecule has 0 heterocycles. The average molecular weight is 300 g/mol. The number of sulfonamides is 1. The predicted molar refractivity (Wildman–Crippen MR) is 75.4 cm³/mol. The van der Waals surface area contributed by atoms with Gasteiger partial charge in [0.25, 0.3) is 0 Å². The zero-order valence-electron chi connectivity index (χ0n) is 10.8. The number of benzene rings is 1. The van der Waals surface area contributed by atoms with E-state index in [9.17, 15) is 13.5 Å². The molecule has 0 saturated carbocycles. The fraction of sp³-hybridized carbons (Fsp3) is 0.417. The second kappa shape index (κ2) is 6.39. The average Bonchev–Trinajstić information content (AvgIpc) is 2.37. The van der Waals surface area contributed by atoms with Crippen LogP contribution in [0.3, 0.4) is 0 Å². The van der Waals surface area contributed by atoms with Gasteiger partial charge in [0, 0.05) is 12.3 Å². The molecule has 0 spiro atoms. The van der Waals surface area contributed by atoms with E-state index in [-0.39, 0.29) is 17.0 Å². The van der Waals surface area contributed by atoms with Gasteiger partial charge >= 0.3 is 0 Å². The van der Waals surface area contributed by atoms with Crippen molar-refractivity contribution >= 4 is 21.8 Å². The van der Waals surface area contributed by atoms with Crippen LogP contribution in [0, 0.1) is 11.3 Å². The van der Waals surface area contributed by atoms with E-state index in [1.165, 1.54) is 23.9 Å². The van der Waals surface area contributed by atoms with Crippen molar-refractivity contribution in [2.75, 3.05) is 18.6 Å². The highest BCUT2D eigenvalue weighted by atomic mass is 32.2. The van der Waals surface area contributed by atoms with E-state index in [0.717, 1.165) is 0 Å². The number of rotatable bonds is 6. The van der Waals surface area contributed by atoms with E-state index in [1.54, 1.807) is 19.1 Å². The first-order chi connectivity index (χ1) is 8.82. The molecule has 1 atom stereocenters. The Morgan fingerprint density at radius 2 is 2.11 bits per heavy atom. The predicted octanol–water partition coefficient (Wildman–Crippen LogP) is 0.951. The quantitative estimate of drug-likeness (QED) is 0.816. The Bertz CT molecular complexity index is 577. The molecule has 1 rings (SSSR count). The molecule has 1 aromatic carbocycles. The van der Waals surface area contributed by atoms with Crippen LogP contribution in [0.5, 0.6) is 0 Å². The molecule has 0 bridgehead atoms. The number of hydrogen-bond donors (Lipinski definition) is 2. The number of nitrogens with one attached hydrogen (secondary N) is 1. The molecule has 0 aliphatic heterocycles. The first-order valence-corrected chi connectivity index (χ1v) is 8.40. The molecule has 7 heteroatoms. The summed E-state index contributed by atoms with van der Waals surface area (Å²) in [6.07, 6.45) is 1.83. The Morgan fingerprint density at radius 3 is 2.68 bits per heavy atom. The van der Waals surface area contributed by atoms with Gasteiger partial charge in [-0.1, -0.05) is 12.1 Å². The highest BCUT2D eigenvalue weighted by Crippen LogP contribution is 2.15. The standard InChI is InChI=1S/C12H16N2O3S2/c1-12(15,9-18-2)8-14-19(16,17)11-6-4-3-5-10(11)7-13/h3-6,14-15H,8-9H2,1-2H3. The fourth-order valence-corrected chi connectivity index (χ4v) is 3.52. The summed E-state index contributed by atoms with van der Waals surface area (Å²) < 4.78 is 26.5. The van der Waals surface area contributed by atoms with Gasteiger partial charge in [-0.15, -0.1) is 0 Å². The van der Waals surface area contributed by atoms with Crippen LogP contribution in [0.1, 0.15) is 12.5 Å². The van der Waals surface area contributed by atoms with Crippen molar-refractivity contribution in [3.8, 4) is 6.07 Å². The smallest absolute Gasteiger partial charge is 0.241 e. The van der Waals surface area contributed by atoms with E-state index in [2.05, 4.69) is 4.72 Å². The van der Waals surface area contributed by atoms with Gasteiger partial charge in [-0.05, 0) is 25.3 Å². The maximum absolute atomic E-state index is 12.1. The van der Waals surface area contributed by atoms with Crippen LogP contribution < -0.4 is 4.72 Å². The van der Waals surface area contributed by atoms with Gasteiger partial charge in [-0.2, -0.15) is 17.0 Å². The number of thioether (sulfide) groups is 1. The Hall–Kier alpha value is -1.07. The minimum Gasteiger partial charge on any atom is -0.388 e. The van der Waals surface area contributed by atoms with Crippen molar-refractivity contribution in [1.29, 1.82) is 5.26 Å². The molecule has 0 saturated heterocycles. The molecule has 0 fully saturated rings. The Balaban J connectivity index is 2.91. The maximum Gasteiger partial charge on any atom is 0.241 e. The molecule has 0 aliphatic rings. The maximum atomic E-state index is 12.1. The van der Waals surface area contributed by atoms with Crippen LogP contribution in [0.4, 0.5) is 0 Å². The lowest BCUT2D eigenvalue weighted by atomic mass is 10.1. The molecule has 104 valence electrons.